The maximum Gasteiger partial charge on any atom is 0.270 e. The summed E-state index contributed by atoms with van der Waals surface area (Å²) in [5.74, 6) is 1.07. The van der Waals surface area contributed by atoms with Crippen molar-refractivity contribution in [2.45, 2.75) is 26.8 Å². The Bertz CT molecular complexity index is 666. The van der Waals surface area contributed by atoms with E-state index in [2.05, 4.69) is 35.5 Å². The second kappa shape index (κ2) is 4.87. The molecule has 3 heterocycles. The van der Waals surface area contributed by atoms with Crippen LogP contribution in [0.3, 0.4) is 0 Å². The molecule has 2 aromatic heterocycles. The van der Waals surface area contributed by atoms with Crippen molar-refractivity contribution >= 4 is 11.7 Å². The van der Waals surface area contributed by atoms with E-state index in [1.807, 2.05) is 6.92 Å². The third kappa shape index (κ3) is 2.20. The summed E-state index contributed by atoms with van der Waals surface area (Å²) in [5, 5.41) is 13.5. The summed E-state index contributed by atoms with van der Waals surface area (Å²) < 4.78 is 4.65. The second-order valence-electron chi connectivity index (χ2n) is 4.60. The molecule has 0 aromatic carbocycles. The lowest BCUT2D eigenvalue weighted by Gasteiger charge is -2.19. The Hall–Kier alpha value is -2.51. The first-order valence-electron chi connectivity index (χ1n) is 6.33. The molecule has 2 N–H and O–H groups in total. The zero-order chi connectivity index (χ0) is 14.1. The molecule has 0 unspecified atom stereocenters. The standard InChI is InChI=1S/C12H14N6O2/c1-6-9(18-20-17-6)5-14-11-8-3-4-13-12(19)10(8)15-7(2)16-11/h3-5H2,1-2H3,(H,13,19)(H,14,15,16). The summed E-state index contributed by atoms with van der Waals surface area (Å²) in [7, 11) is 0. The lowest BCUT2D eigenvalue weighted by Crippen LogP contribution is -2.34. The van der Waals surface area contributed by atoms with Gasteiger partial charge in [-0.3, -0.25) is 4.79 Å². The SMILES string of the molecule is Cc1nc(NCc2nonc2C)c2c(n1)C(=O)NCC2. The minimum atomic E-state index is -0.154. The summed E-state index contributed by atoms with van der Waals surface area (Å²) in [5.41, 5.74) is 2.74. The summed E-state index contributed by atoms with van der Waals surface area (Å²) in [6.07, 6.45) is 0.708. The Morgan fingerprint density at radius 1 is 1.30 bits per heavy atom. The molecular formula is C12H14N6O2. The highest BCUT2D eigenvalue weighted by Crippen LogP contribution is 2.20. The topological polar surface area (TPSA) is 106 Å². The number of nitrogens with zero attached hydrogens (tertiary/aromatic N) is 4. The van der Waals surface area contributed by atoms with Crippen molar-refractivity contribution in [3.8, 4) is 0 Å². The van der Waals surface area contributed by atoms with Crippen LogP contribution in [0.15, 0.2) is 4.63 Å². The van der Waals surface area contributed by atoms with Gasteiger partial charge in [0.2, 0.25) is 0 Å². The number of aromatic nitrogens is 4. The summed E-state index contributed by atoms with van der Waals surface area (Å²) in [4.78, 5) is 20.4. The lowest BCUT2D eigenvalue weighted by atomic mass is 10.1. The maximum atomic E-state index is 11.8. The number of carbonyl (C=O) groups is 1. The summed E-state index contributed by atoms with van der Waals surface area (Å²) >= 11 is 0. The molecule has 1 aliphatic heterocycles. The van der Waals surface area contributed by atoms with E-state index >= 15 is 0 Å². The van der Waals surface area contributed by atoms with Crippen molar-refractivity contribution in [3.05, 3.63) is 28.5 Å². The van der Waals surface area contributed by atoms with E-state index in [0.717, 1.165) is 17.0 Å². The molecule has 0 radical (unpaired) electrons. The number of hydrogen-bond acceptors (Lipinski definition) is 7. The van der Waals surface area contributed by atoms with Gasteiger partial charge in [0.25, 0.3) is 5.91 Å². The van der Waals surface area contributed by atoms with Crippen molar-refractivity contribution in [3.63, 3.8) is 0 Å². The Morgan fingerprint density at radius 3 is 2.90 bits per heavy atom. The first-order valence-corrected chi connectivity index (χ1v) is 6.33. The van der Waals surface area contributed by atoms with Gasteiger partial charge in [0, 0.05) is 12.1 Å². The monoisotopic (exact) mass is 274 g/mol. The van der Waals surface area contributed by atoms with Gasteiger partial charge in [0.15, 0.2) is 0 Å². The van der Waals surface area contributed by atoms with Crippen molar-refractivity contribution in [2.75, 3.05) is 11.9 Å². The van der Waals surface area contributed by atoms with Gasteiger partial charge in [-0.25, -0.2) is 14.6 Å². The van der Waals surface area contributed by atoms with Crippen molar-refractivity contribution in [2.24, 2.45) is 0 Å². The maximum absolute atomic E-state index is 11.8. The number of carbonyl (C=O) groups excluding carboxylic acids is 1. The zero-order valence-corrected chi connectivity index (χ0v) is 11.2. The quantitative estimate of drug-likeness (QED) is 0.833. The van der Waals surface area contributed by atoms with Crippen LogP contribution in [0.4, 0.5) is 5.82 Å². The van der Waals surface area contributed by atoms with Crippen LogP contribution >= 0.6 is 0 Å². The predicted molar refractivity (Wildman–Crippen MR) is 69.2 cm³/mol. The zero-order valence-electron chi connectivity index (χ0n) is 11.2. The molecular weight excluding hydrogens is 260 g/mol. The van der Waals surface area contributed by atoms with E-state index in [1.165, 1.54) is 0 Å². The van der Waals surface area contributed by atoms with Gasteiger partial charge in [-0.05, 0) is 20.3 Å². The minimum Gasteiger partial charge on any atom is -0.364 e. The average Bonchev–Trinajstić information content (AvgIpc) is 2.83. The molecule has 0 bridgehead atoms. The van der Waals surface area contributed by atoms with Crippen LogP contribution in [-0.4, -0.2) is 32.7 Å². The van der Waals surface area contributed by atoms with Crippen LogP contribution in [0.1, 0.15) is 33.3 Å². The second-order valence-corrected chi connectivity index (χ2v) is 4.60. The largest absolute Gasteiger partial charge is 0.364 e. The number of hydrogen-bond donors (Lipinski definition) is 2. The molecule has 0 aliphatic carbocycles. The number of aryl methyl sites for hydroxylation is 2. The van der Waals surface area contributed by atoms with Gasteiger partial charge in [-0.2, -0.15) is 0 Å². The molecule has 104 valence electrons. The normalized spacial score (nSPS) is 13.8. The molecule has 2 aromatic rings. The average molecular weight is 274 g/mol. The number of rotatable bonds is 3. The fourth-order valence-electron chi connectivity index (χ4n) is 2.13. The molecule has 1 amide bonds. The Morgan fingerprint density at radius 2 is 2.15 bits per heavy atom. The molecule has 20 heavy (non-hydrogen) atoms. The number of nitrogens with one attached hydrogen (secondary N) is 2. The van der Waals surface area contributed by atoms with Crippen LogP contribution < -0.4 is 10.6 Å². The summed E-state index contributed by atoms with van der Waals surface area (Å²) in [6.45, 7) is 4.62. The molecule has 0 spiro atoms. The number of amides is 1. The Balaban J connectivity index is 1.89. The highest BCUT2D eigenvalue weighted by atomic mass is 16.6. The molecule has 0 saturated heterocycles. The van der Waals surface area contributed by atoms with E-state index in [4.69, 9.17) is 0 Å². The first-order chi connectivity index (χ1) is 9.65. The molecule has 0 atom stereocenters. The highest BCUT2D eigenvalue weighted by Gasteiger charge is 2.23. The van der Waals surface area contributed by atoms with Gasteiger partial charge >= 0.3 is 0 Å². The van der Waals surface area contributed by atoms with E-state index < -0.39 is 0 Å². The van der Waals surface area contributed by atoms with Gasteiger partial charge in [-0.15, -0.1) is 0 Å². The van der Waals surface area contributed by atoms with E-state index in [0.29, 0.717) is 36.8 Å². The van der Waals surface area contributed by atoms with Crippen LogP contribution in [-0.2, 0) is 13.0 Å². The van der Waals surface area contributed by atoms with Crippen LogP contribution in [0, 0.1) is 13.8 Å². The Labute approximate surface area is 115 Å². The fourth-order valence-corrected chi connectivity index (χ4v) is 2.13. The van der Waals surface area contributed by atoms with Gasteiger partial charge in [-0.1, -0.05) is 10.3 Å². The fraction of sp³-hybridized carbons (Fsp3) is 0.417. The Kier molecular flexibility index (Phi) is 3.05. The molecule has 0 fully saturated rings. The lowest BCUT2D eigenvalue weighted by molar-refractivity contribution is 0.0940. The molecule has 0 saturated carbocycles. The third-order valence-electron chi connectivity index (χ3n) is 3.16. The minimum absolute atomic E-state index is 0.154. The van der Waals surface area contributed by atoms with Gasteiger partial charge in [0.1, 0.15) is 28.7 Å². The summed E-state index contributed by atoms with van der Waals surface area (Å²) in [6, 6.07) is 0. The van der Waals surface area contributed by atoms with Crippen molar-refractivity contribution in [1.29, 1.82) is 0 Å². The predicted octanol–water partition coefficient (Wildman–Crippen LogP) is 0.374. The smallest absolute Gasteiger partial charge is 0.270 e. The van der Waals surface area contributed by atoms with E-state index in [9.17, 15) is 4.79 Å². The third-order valence-corrected chi connectivity index (χ3v) is 3.16. The molecule has 8 nitrogen and oxygen atoms in total. The number of anilines is 1. The molecule has 8 heteroatoms. The highest BCUT2D eigenvalue weighted by molar-refractivity contribution is 5.95. The number of fused-ring (bicyclic) bond motifs is 1. The van der Waals surface area contributed by atoms with Crippen LogP contribution in [0.5, 0.6) is 0 Å². The van der Waals surface area contributed by atoms with Crippen LogP contribution in [0.2, 0.25) is 0 Å². The van der Waals surface area contributed by atoms with Crippen molar-refractivity contribution < 1.29 is 9.42 Å². The van der Waals surface area contributed by atoms with Gasteiger partial charge in [0.05, 0.1) is 6.54 Å². The van der Waals surface area contributed by atoms with E-state index in [-0.39, 0.29) is 5.91 Å². The van der Waals surface area contributed by atoms with Gasteiger partial charge < -0.3 is 10.6 Å². The molecule has 1 aliphatic rings. The van der Waals surface area contributed by atoms with E-state index in [1.54, 1.807) is 6.92 Å². The van der Waals surface area contributed by atoms with Crippen LogP contribution in [0.25, 0.3) is 0 Å². The molecule has 3 rings (SSSR count). The first kappa shape index (κ1) is 12.5. The van der Waals surface area contributed by atoms with Crippen molar-refractivity contribution in [1.82, 2.24) is 25.6 Å².